The molecule has 3 rings (SSSR count). The van der Waals surface area contributed by atoms with E-state index in [-0.39, 0.29) is 18.6 Å². The van der Waals surface area contributed by atoms with Crippen molar-refractivity contribution in [2.45, 2.75) is 55.5 Å². The first kappa shape index (κ1) is 20.0. The van der Waals surface area contributed by atoms with E-state index in [9.17, 15) is 31.5 Å². The fourth-order valence-corrected chi connectivity index (χ4v) is 5.32. The van der Waals surface area contributed by atoms with Crippen LogP contribution in [0.25, 0.3) is 0 Å². The molecule has 1 fully saturated rings. The van der Waals surface area contributed by atoms with E-state index < -0.39 is 43.8 Å². The summed E-state index contributed by atoms with van der Waals surface area (Å²) in [7, 11) is -4.21. The van der Waals surface area contributed by atoms with Gasteiger partial charge < -0.3 is 5.11 Å². The number of ketones is 1. The summed E-state index contributed by atoms with van der Waals surface area (Å²) in [4.78, 5) is 15.5. The molecule has 27 heavy (non-hydrogen) atoms. The summed E-state index contributed by atoms with van der Waals surface area (Å²) in [5, 5.41) is 10.2. The number of Topliss-reactive ketones (excluding diaryl/α,β-unsaturated/α-hetero) is 1. The van der Waals surface area contributed by atoms with Crippen molar-refractivity contribution in [1.29, 1.82) is 0 Å². The molecule has 148 valence electrons. The number of carbonyl (C=O) groups excluding carboxylic acids is 1. The Hall–Kier alpha value is -1.78. The number of fused-ring (bicyclic) bond motifs is 1. The minimum absolute atomic E-state index is 0.187. The minimum Gasteiger partial charge on any atom is -0.377 e. The molecule has 1 unspecified atom stereocenters. The molecule has 1 heterocycles. The SMILES string of the molecule is CC1=C[C@](C)(NS(=O)(=O)c2ccc(C(F)(F)F)cn2)CC2CCC(=O)[C@@]12O. The van der Waals surface area contributed by atoms with Gasteiger partial charge >= 0.3 is 6.18 Å². The summed E-state index contributed by atoms with van der Waals surface area (Å²) in [5.74, 6) is -0.709. The van der Waals surface area contributed by atoms with Crippen LogP contribution in [0.2, 0.25) is 0 Å². The van der Waals surface area contributed by atoms with Gasteiger partial charge in [0.1, 0.15) is 5.60 Å². The Morgan fingerprint density at radius 3 is 2.56 bits per heavy atom. The van der Waals surface area contributed by atoms with Crippen molar-refractivity contribution >= 4 is 15.8 Å². The van der Waals surface area contributed by atoms with Crippen LogP contribution in [0.5, 0.6) is 0 Å². The van der Waals surface area contributed by atoms with Crippen molar-refractivity contribution in [2.75, 3.05) is 0 Å². The van der Waals surface area contributed by atoms with Crippen LogP contribution >= 0.6 is 0 Å². The zero-order chi connectivity index (χ0) is 20.3. The van der Waals surface area contributed by atoms with Crippen LogP contribution in [-0.2, 0) is 21.0 Å². The zero-order valence-electron chi connectivity index (χ0n) is 14.7. The zero-order valence-corrected chi connectivity index (χ0v) is 15.5. The molecule has 0 bridgehead atoms. The van der Waals surface area contributed by atoms with Crippen LogP contribution in [0.1, 0.15) is 38.7 Å². The number of hydrogen-bond donors (Lipinski definition) is 2. The Labute approximate surface area is 154 Å². The normalized spacial score (nSPS) is 31.6. The molecule has 1 saturated carbocycles. The van der Waals surface area contributed by atoms with Gasteiger partial charge in [-0.25, -0.2) is 18.1 Å². The van der Waals surface area contributed by atoms with Crippen molar-refractivity contribution in [3.05, 3.63) is 35.5 Å². The second-order valence-electron chi connectivity index (χ2n) is 7.36. The Kier molecular flexibility index (Phi) is 4.52. The Bertz CT molecular complexity index is 911. The van der Waals surface area contributed by atoms with Crippen molar-refractivity contribution in [2.24, 2.45) is 5.92 Å². The number of nitrogens with zero attached hydrogens (tertiary/aromatic N) is 1. The Balaban J connectivity index is 1.89. The molecule has 2 aliphatic rings. The van der Waals surface area contributed by atoms with Crippen molar-refractivity contribution in [1.82, 2.24) is 9.71 Å². The lowest BCUT2D eigenvalue weighted by atomic mass is 9.70. The van der Waals surface area contributed by atoms with Gasteiger partial charge in [-0.3, -0.25) is 4.79 Å². The molecule has 0 radical (unpaired) electrons. The van der Waals surface area contributed by atoms with Gasteiger partial charge in [-0.2, -0.15) is 13.2 Å². The van der Waals surface area contributed by atoms with Crippen LogP contribution in [0.4, 0.5) is 13.2 Å². The number of rotatable bonds is 3. The van der Waals surface area contributed by atoms with E-state index in [1.165, 1.54) is 6.08 Å². The third-order valence-electron chi connectivity index (χ3n) is 5.25. The number of nitrogens with one attached hydrogen (secondary N) is 1. The summed E-state index contributed by atoms with van der Waals surface area (Å²) in [5.41, 5.74) is -3.35. The molecule has 1 aromatic heterocycles. The molecule has 0 aromatic carbocycles. The first-order valence-corrected chi connectivity index (χ1v) is 9.79. The average molecular weight is 404 g/mol. The number of carbonyl (C=O) groups is 1. The highest BCUT2D eigenvalue weighted by molar-refractivity contribution is 7.89. The second kappa shape index (κ2) is 6.11. The first-order chi connectivity index (χ1) is 12.3. The van der Waals surface area contributed by atoms with Crippen LogP contribution in [0, 0.1) is 5.92 Å². The van der Waals surface area contributed by atoms with Crippen molar-refractivity contribution in [3.8, 4) is 0 Å². The number of pyridine rings is 1. The van der Waals surface area contributed by atoms with Gasteiger partial charge in [-0.15, -0.1) is 0 Å². The van der Waals surface area contributed by atoms with Crippen LogP contribution < -0.4 is 4.72 Å². The number of halogens is 3. The van der Waals surface area contributed by atoms with Crippen molar-refractivity contribution in [3.63, 3.8) is 0 Å². The number of alkyl halides is 3. The van der Waals surface area contributed by atoms with Crippen LogP contribution in [-0.4, -0.2) is 35.4 Å². The minimum atomic E-state index is -4.61. The maximum Gasteiger partial charge on any atom is 0.417 e. The summed E-state index contributed by atoms with van der Waals surface area (Å²) >= 11 is 0. The van der Waals surface area contributed by atoms with E-state index >= 15 is 0 Å². The topological polar surface area (TPSA) is 96.4 Å². The Morgan fingerprint density at radius 1 is 1.33 bits per heavy atom. The molecule has 0 amide bonds. The molecular formula is C17H19F3N2O4S. The van der Waals surface area contributed by atoms with E-state index in [2.05, 4.69) is 9.71 Å². The van der Waals surface area contributed by atoms with Gasteiger partial charge in [0, 0.05) is 24.1 Å². The lowest BCUT2D eigenvalue weighted by molar-refractivity contribution is -0.138. The van der Waals surface area contributed by atoms with Gasteiger partial charge in [0.05, 0.1) is 5.56 Å². The molecule has 0 saturated heterocycles. The predicted molar refractivity (Wildman–Crippen MR) is 89.0 cm³/mol. The standard InChI is InChI=1S/C17H19F3N2O4S/c1-10-7-15(2,8-11-3-5-13(23)16(10,11)24)22-27(25,26)14-6-4-12(9-21-14)17(18,19)20/h4,6-7,9,11,22,24H,3,5,8H2,1-2H3/t11?,15-,16+/m0/s1. The van der Waals surface area contributed by atoms with E-state index in [1.807, 2.05) is 0 Å². The van der Waals surface area contributed by atoms with Gasteiger partial charge in [-0.05, 0) is 44.4 Å². The highest BCUT2D eigenvalue weighted by Gasteiger charge is 2.55. The fourth-order valence-electron chi connectivity index (χ4n) is 4.02. The predicted octanol–water partition coefficient (Wildman–Crippen LogP) is 2.20. The molecule has 1 aromatic rings. The molecule has 0 aliphatic heterocycles. The number of aliphatic hydroxyl groups is 1. The third kappa shape index (κ3) is 3.41. The Morgan fingerprint density at radius 2 is 2.00 bits per heavy atom. The highest BCUT2D eigenvalue weighted by Crippen LogP contribution is 2.47. The fraction of sp³-hybridized carbons (Fsp3) is 0.529. The highest BCUT2D eigenvalue weighted by atomic mass is 32.2. The lowest BCUT2D eigenvalue weighted by Gasteiger charge is -2.42. The molecule has 2 aliphatic carbocycles. The maximum atomic E-state index is 12.6. The molecular weight excluding hydrogens is 385 g/mol. The van der Waals surface area contributed by atoms with E-state index in [4.69, 9.17) is 0 Å². The summed E-state index contributed by atoms with van der Waals surface area (Å²) < 4.78 is 65.5. The first-order valence-electron chi connectivity index (χ1n) is 8.31. The maximum absolute atomic E-state index is 12.6. The molecule has 0 spiro atoms. The lowest BCUT2D eigenvalue weighted by Crippen LogP contribution is -2.54. The molecule has 3 atom stereocenters. The van der Waals surface area contributed by atoms with Gasteiger partial charge in [0.2, 0.25) is 0 Å². The van der Waals surface area contributed by atoms with Crippen LogP contribution in [0.15, 0.2) is 35.0 Å². The summed E-state index contributed by atoms with van der Waals surface area (Å²) in [6.07, 6.45) is -1.81. The molecule has 10 heteroatoms. The van der Waals surface area contributed by atoms with Crippen molar-refractivity contribution < 1.29 is 31.5 Å². The average Bonchev–Trinajstić information content (AvgIpc) is 2.83. The van der Waals surface area contributed by atoms with Gasteiger partial charge in [-0.1, -0.05) is 6.08 Å². The second-order valence-corrected chi connectivity index (χ2v) is 8.99. The monoisotopic (exact) mass is 404 g/mol. The number of sulfonamides is 1. The smallest absolute Gasteiger partial charge is 0.377 e. The summed E-state index contributed by atoms with van der Waals surface area (Å²) in [6.45, 7) is 3.17. The molecule has 2 N–H and O–H groups in total. The summed E-state index contributed by atoms with van der Waals surface area (Å²) in [6, 6.07) is 1.45. The van der Waals surface area contributed by atoms with Gasteiger partial charge in [0.25, 0.3) is 10.0 Å². The molecule has 6 nitrogen and oxygen atoms in total. The quantitative estimate of drug-likeness (QED) is 0.753. The third-order valence-corrected chi connectivity index (χ3v) is 6.78. The number of aromatic nitrogens is 1. The van der Waals surface area contributed by atoms with Crippen LogP contribution in [0.3, 0.4) is 0 Å². The van der Waals surface area contributed by atoms with E-state index in [0.717, 1.165) is 6.07 Å². The van der Waals surface area contributed by atoms with E-state index in [1.54, 1.807) is 13.8 Å². The largest absolute Gasteiger partial charge is 0.417 e. The van der Waals surface area contributed by atoms with Gasteiger partial charge in [0.15, 0.2) is 10.8 Å². The number of hydrogen-bond acceptors (Lipinski definition) is 5. The van der Waals surface area contributed by atoms with E-state index in [0.29, 0.717) is 24.3 Å².